The van der Waals surface area contributed by atoms with E-state index in [1.807, 2.05) is 12.1 Å². The second-order valence-electron chi connectivity index (χ2n) is 5.69. The highest BCUT2D eigenvalue weighted by Crippen LogP contribution is 2.36. The normalized spacial score (nSPS) is 11.8. The predicted octanol–water partition coefficient (Wildman–Crippen LogP) is 4.00. The van der Waals surface area contributed by atoms with Gasteiger partial charge in [-0.1, -0.05) is 18.2 Å². The number of fused-ring (bicyclic) bond motifs is 5. The summed E-state index contributed by atoms with van der Waals surface area (Å²) in [5.41, 5.74) is 6.89. The quantitative estimate of drug-likeness (QED) is 0.343. The first-order valence-corrected chi connectivity index (χ1v) is 7.07. The van der Waals surface area contributed by atoms with E-state index in [1.54, 1.807) is 0 Å². The van der Waals surface area contributed by atoms with E-state index < -0.39 is 0 Å². The third kappa shape index (κ3) is 1.47. The van der Waals surface area contributed by atoms with Gasteiger partial charge in [-0.25, -0.2) is 0 Å². The van der Waals surface area contributed by atoms with Crippen LogP contribution < -0.4 is 4.68 Å². The lowest BCUT2D eigenvalue weighted by atomic mass is 10.0. The van der Waals surface area contributed by atoms with Crippen molar-refractivity contribution in [3.05, 3.63) is 70.0 Å². The molecule has 2 aromatic carbocycles. The Balaban J connectivity index is 2.12. The number of hydrogen-bond acceptors (Lipinski definition) is 0. The molecule has 0 radical (unpaired) electrons. The van der Waals surface area contributed by atoms with Gasteiger partial charge in [0.1, 0.15) is 11.2 Å². The predicted molar refractivity (Wildman–Crippen MR) is 84.6 cm³/mol. The summed E-state index contributed by atoms with van der Waals surface area (Å²) in [5.74, 6) is 0. The number of rotatable bonds is 0. The zero-order chi connectivity index (χ0) is 15.4. The standard InChI is InChI=1S/C18H13N4/c1-11-5-6-12(2)18-14(11)10-21-9-13-7-15(19-3)16(20-4)8-17(13)22(18)21/h5-9H,10H2,1-2H3/q+1. The molecule has 0 fully saturated rings. The Labute approximate surface area is 128 Å². The van der Waals surface area contributed by atoms with Gasteiger partial charge in [0.15, 0.2) is 17.9 Å². The Morgan fingerprint density at radius 1 is 1.05 bits per heavy atom. The smallest absolute Gasteiger partial charge is 0.202 e. The van der Waals surface area contributed by atoms with E-state index >= 15 is 0 Å². The van der Waals surface area contributed by atoms with Gasteiger partial charge in [-0.3, -0.25) is 9.69 Å². The molecule has 0 amide bonds. The van der Waals surface area contributed by atoms with E-state index in [1.165, 1.54) is 22.4 Å². The van der Waals surface area contributed by atoms with Crippen LogP contribution in [0.5, 0.6) is 0 Å². The zero-order valence-electron chi connectivity index (χ0n) is 12.4. The summed E-state index contributed by atoms with van der Waals surface area (Å²) in [7, 11) is 0. The second kappa shape index (κ2) is 4.19. The first-order chi connectivity index (χ1) is 10.6. The van der Waals surface area contributed by atoms with Gasteiger partial charge >= 0.3 is 0 Å². The van der Waals surface area contributed by atoms with E-state index in [-0.39, 0.29) is 0 Å². The van der Waals surface area contributed by atoms with E-state index in [4.69, 9.17) is 13.1 Å². The van der Waals surface area contributed by atoms with Gasteiger partial charge in [0.25, 0.3) is 0 Å². The van der Waals surface area contributed by atoms with Crippen molar-refractivity contribution >= 4 is 22.3 Å². The molecular formula is C18H13N4+. The monoisotopic (exact) mass is 285 g/mol. The summed E-state index contributed by atoms with van der Waals surface area (Å²) < 4.78 is 4.34. The third-order valence-electron chi connectivity index (χ3n) is 4.39. The molecule has 0 unspecified atom stereocenters. The van der Waals surface area contributed by atoms with Crippen molar-refractivity contribution < 1.29 is 4.68 Å². The topological polar surface area (TPSA) is 17.5 Å². The minimum atomic E-state index is 0.419. The average Bonchev–Trinajstić information content (AvgIpc) is 3.05. The molecule has 4 rings (SSSR count). The van der Waals surface area contributed by atoms with E-state index in [0.29, 0.717) is 11.4 Å². The van der Waals surface area contributed by atoms with Crippen LogP contribution in [0.4, 0.5) is 11.4 Å². The van der Waals surface area contributed by atoms with Gasteiger partial charge in [-0.15, -0.1) is 9.36 Å². The maximum absolute atomic E-state index is 7.30. The largest absolute Gasteiger partial charge is 0.250 e. The summed E-state index contributed by atoms with van der Waals surface area (Å²) >= 11 is 0. The van der Waals surface area contributed by atoms with Crippen molar-refractivity contribution in [3.8, 4) is 5.69 Å². The van der Waals surface area contributed by atoms with Gasteiger partial charge in [0.2, 0.25) is 6.20 Å². The first kappa shape index (κ1) is 12.6. The van der Waals surface area contributed by atoms with Gasteiger partial charge in [0.05, 0.1) is 24.1 Å². The van der Waals surface area contributed by atoms with Crippen LogP contribution >= 0.6 is 0 Å². The SMILES string of the molecule is [C-]#[N+]c1cc2c[n+]3n(c2cc1[N+]#[C-])-c1c(C)ccc(C)c1C3. The van der Waals surface area contributed by atoms with Crippen LogP contribution in [0.2, 0.25) is 0 Å². The van der Waals surface area contributed by atoms with Crippen LogP contribution in [0.3, 0.4) is 0 Å². The van der Waals surface area contributed by atoms with Crippen molar-refractivity contribution in [2.75, 3.05) is 0 Å². The number of benzene rings is 2. The molecule has 0 saturated carbocycles. The van der Waals surface area contributed by atoms with Crippen molar-refractivity contribution in [3.63, 3.8) is 0 Å². The number of nitrogens with zero attached hydrogens (tertiary/aromatic N) is 4. The molecule has 0 aliphatic carbocycles. The van der Waals surface area contributed by atoms with Gasteiger partial charge in [-0.05, 0) is 31.0 Å². The summed E-state index contributed by atoms with van der Waals surface area (Å²) in [4.78, 5) is 6.97. The molecule has 0 saturated heterocycles. The fourth-order valence-corrected chi connectivity index (χ4v) is 3.28. The molecule has 104 valence electrons. The maximum Gasteiger partial charge on any atom is 0.202 e. The van der Waals surface area contributed by atoms with Crippen LogP contribution in [0, 0.1) is 27.0 Å². The van der Waals surface area contributed by atoms with Crippen LogP contribution in [-0.4, -0.2) is 4.68 Å². The molecule has 1 aliphatic rings. The average molecular weight is 285 g/mol. The molecule has 4 nitrogen and oxygen atoms in total. The Morgan fingerprint density at radius 3 is 2.45 bits per heavy atom. The van der Waals surface area contributed by atoms with Crippen molar-refractivity contribution in [2.24, 2.45) is 0 Å². The summed E-state index contributed by atoms with van der Waals surface area (Å²) in [6.45, 7) is 19.6. The minimum absolute atomic E-state index is 0.419. The minimum Gasteiger partial charge on any atom is -0.250 e. The molecule has 3 aromatic rings. The summed E-state index contributed by atoms with van der Waals surface area (Å²) in [6, 6.07) is 7.95. The molecule has 0 bridgehead atoms. The van der Waals surface area contributed by atoms with Crippen molar-refractivity contribution in [1.82, 2.24) is 4.68 Å². The lowest BCUT2D eigenvalue weighted by Crippen LogP contribution is -2.36. The molecule has 2 heterocycles. The molecule has 1 aromatic heterocycles. The number of aryl methyl sites for hydroxylation is 2. The van der Waals surface area contributed by atoms with Gasteiger partial charge < -0.3 is 0 Å². The highest BCUT2D eigenvalue weighted by molar-refractivity contribution is 5.91. The fraction of sp³-hybridized carbons (Fsp3) is 0.167. The lowest BCUT2D eigenvalue weighted by molar-refractivity contribution is -0.749. The summed E-state index contributed by atoms with van der Waals surface area (Å²) in [5, 5.41) is 1.00. The van der Waals surface area contributed by atoms with Crippen molar-refractivity contribution in [1.29, 1.82) is 0 Å². The molecular weight excluding hydrogens is 272 g/mol. The van der Waals surface area contributed by atoms with E-state index in [9.17, 15) is 0 Å². The third-order valence-corrected chi connectivity index (χ3v) is 4.39. The van der Waals surface area contributed by atoms with Crippen LogP contribution in [0.25, 0.3) is 26.3 Å². The summed E-state index contributed by atoms with van der Waals surface area (Å²) in [6.07, 6.45) is 2.07. The van der Waals surface area contributed by atoms with Gasteiger partial charge in [0, 0.05) is 0 Å². The van der Waals surface area contributed by atoms with Crippen molar-refractivity contribution in [2.45, 2.75) is 20.4 Å². The molecule has 22 heavy (non-hydrogen) atoms. The Morgan fingerprint density at radius 2 is 1.73 bits per heavy atom. The van der Waals surface area contributed by atoms with Gasteiger partial charge in [-0.2, -0.15) is 0 Å². The molecule has 0 spiro atoms. The Hall–Kier alpha value is -3.11. The maximum atomic E-state index is 7.30. The Bertz CT molecular complexity index is 1040. The molecule has 0 atom stereocenters. The first-order valence-electron chi connectivity index (χ1n) is 7.07. The van der Waals surface area contributed by atoms with Crippen LogP contribution in [0.1, 0.15) is 16.7 Å². The number of aromatic nitrogens is 2. The van der Waals surface area contributed by atoms with Crippen LogP contribution in [0.15, 0.2) is 30.5 Å². The lowest BCUT2D eigenvalue weighted by Gasteiger charge is -2.05. The number of hydrogen-bond donors (Lipinski definition) is 0. The zero-order valence-corrected chi connectivity index (χ0v) is 12.4. The Kier molecular flexibility index (Phi) is 2.40. The van der Waals surface area contributed by atoms with E-state index in [2.05, 4.69) is 51.2 Å². The van der Waals surface area contributed by atoms with Crippen LogP contribution in [-0.2, 0) is 6.54 Å². The fourth-order valence-electron chi connectivity index (χ4n) is 3.28. The van der Waals surface area contributed by atoms with E-state index in [0.717, 1.165) is 17.4 Å². The molecule has 1 aliphatic heterocycles. The highest BCUT2D eigenvalue weighted by atomic mass is 15.4. The molecule has 4 heteroatoms. The highest BCUT2D eigenvalue weighted by Gasteiger charge is 2.31. The second-order valence-corrected chi connectivity index (χ2v) is 5.69. The molecule has 0 N–H and O–H groups in total.